The Hall–Kier alpha value is -5.64. The first-order valence-electron chi connectivity index (χ1n) is 14.4. The molecule has 13 N–H and O–H groups in total. The van der Waals surface area contributed by atoms with Crippen LogP contribution in [0.1, 0.15) is 29.7 Å². The molecular weight excluding hydrogens is 598 g/mol. The lowest BCUT2D eigenvalue weighted by molar-refractivity contribution is -0.142. The van der Waals surface area contributed by atoms with Crippen LogP contribution in [-0.4, -0.2) is 85.7 Å². The minimum Gasteiger partial charge on any atom is -0.508 e. The molecule has 0 spiro atoms. The first-order valence-corrected chi connectivity index (χ1v) is 14.4. The fourth-order valence-electron chi connectivity index (χ4n) is 4.44. The van der Waals surface area contributed by atoms with Crippen molar-refractivity contribution in [2.24, 2.45) is 22.2 Å². The summed E-state index contributed by atoms with van der Waals surface area (Å²) in [7, 11) is 0. The summed E-state index contributed by atoms with van der Waals surface area (Å²) < 4.78 is 0. The molecule has 0 fully saturated rings. The summed E-state index contributed by atoms with van der Waals surface area (Å²) in [4.78, 5) is 62.8. The number of carboxylic acids is 1. The Morgan fingerprint density at radius 2 is 1.28 bits per heavy atom. The van der Waals surface area contributed by atoms with Gasteiger partial charge in [-0.05, 0) is 48.2 Å². The molecule has 46 heavy (non-hydrogen) atoms. The molecule has 16 nitrogen and oxygen atoms in total. The number of nitrogens with two attached hydrogens (primary N) is 3. The molecule has 0 radical (unpaired) electrons. The van der Waals surface area contributed by atoms with E-state index in [2.05, 4.69) is 30.9 Å². The van der Waals surface area contributed by atoms with E-state index in [1.54, 1.807) is 24.3 Å². The smallest absolute Gasteiger partial charge is 0.326 e. The summed E-state index contributed by atoms with van der Waals surface area (Å²) in [6.45, 7) is 0.256. The lowest BCUT2D eigenvalue weighted by Crippen LogP contribution is -2.58. The van der Waals surface area contributed by atoms with Crippen LogP contribution < -0.4 is 33.2 Å². The number of phenolic OH excluding ortho intramolecular Hbond substituents is 2. The molecule has 246 valence electrons. The van der Waals surface area contributed by atoms with Crippen LogP contribution >= 0.6 is 0 Å². The number of nitrogens with zero attached hydrogens (tertiary/aromatic N) is 2. The molecule has 0 aliphatic heterocycles. The monoisotopic (exact) mass is 637 g/mol. The van der Waals surface area contributed by atoms with Crippen molar-refractivity contribution in [1.82, 2.24) is 25.9 Å². The minimum atomic E-state index is -1.35. The molecule has 0 aliphatic rings. The first kappa shape index (κ1) is 34.8. The van der Waals surface area contributed by atoms with Crippen LogP contribution in [0.2, 0.25) is 0 Å². The molecule has 16 heteroatoms. The second-order valence-corrected chi connectivity index (χ2v) is 10.6. The van der Waals surface area contributed by atoms with E-state index in [-0.39, 0.29) is 49.7 Å². The third-order valence-corrected chi connectivity index (χ3v) is 6.92. The molecule has 3 rings (SSSR count). The predicted octanol–water partition coefficient (Wildman–Crippen LogP) is -1.23. The molecule has 0 aliphatic carbocycles. The number of guanidine groups is 1. The standard InChI is InChI=1S/C30H39N9O7/c31-22(2-1-11-35-30(32)33)26(42)37-23(12-17-3-7-20(40)8-4-17)27(43)38-24(13-18-5-9-21(41)10-6-18)28(44)39-25(29(45)46)14-19-15-34-16-36-19/h3-10,15-16,22-25,40-41H,1-2,11-14,31H2,(H,34,36)(H,37,42)(H,38,43)(H,39,44)(H,45,46)(H4,32,33,35). The summed E-state index contributed by atoms with van der Waals surface area (Å²) in [5.41, 5.74) is 18.3. The Morgan fingerprint density at radius 1 is 0.783 bits per heavy atom. The summed E-state index contributed by atoms with van der Waals surface area (Å²) in [6.07, 6.45) is 3.24. The number of carbonyl (C=O) groups is 4. The van der Waals surface area contributed by atoms with Crippen molar-refractivity contribution >= 4 is 29.7 Å². The summed E-state index contributed by atoms with van der Waals surface area (Å²) in [5.74, 6) is -3.56. The van der Waals surface area contributed by atoms with Gasteiger partial charge in [-0.15, -0.1) is 0 Å². The zero-order valence-electron chi connectivity index (χ0n) is 24.9. The average molecular weight is 638 g/mol. The van der Waals surface area contributed by atoms with Crippen molar-refractivity contribution in [2.45, 2.75) is 56.3 Å². The lowest BCUT2D eigenvalue weighted by Gasteiger charge is -2.25. The summed E-state index contributed by atoms with van der Waals surface area (Å²) in [6, 6.07) is 7.08. The number of nitrogens with one attached hydrogen (secondary N) is 4. The van der Waals surface area contributed by atoms with E-state index in [9.17, 15) is 34.5 Å². The summed E-state index contributed by atoms with van der Waals surface area (Å²) >= 11 is 0. The maximum atomic E-state index is 13.7. The second-order valence-electron chi connectivity index (χ2n) is 10.6. The van der Waals surface area contributed by atoms with Crippen LogP contribution in [0.5, 0.6) is 11.5 Å². The maximum absolute atomic E-state index is 13.7. The van der Waals surface area contributed by atoms with E-state index in [4.69, 9.17) is 17.2 Å². The second kappa shape index (κ2) is 17.0. The van der Waals surface area contributed by atoms with E-state index in [0.717, 1.165) is 0 Å². The maximum Gasteiger partial charge on any atom is 0.326 e. The van der Waals surface area contributed by atoms with Gasteiger partial charge in [0.15, 0.2) is 5.96 Å². The Balaban J connectivity index is 1.82. The quantitative estimate of drug-likeness (QED) is 0.0475. The highest BCUT2D eigenvalue weighted by molar-refractivity contribution is 5.94. The van der Waals surface area contributed by atoms with E-state index in [1.807, 2.05) is 0 Å². The van der Waals surface area contributed by atoms with Crippen LogP contribution in [0.25, 0.3) is 0 Å². The highest BCUT2D eigenvalue weighted by Crippen LogP contribution is 2.14. The molecule has 3 aromatic rings. The van der Waals surface area contributed by atoms with Crippen LogP contribution in [0, 0.1) is 0 Å². The number of carboxylic acid groups (broad SMARTS) is 1. The van der Waals surface area contributed by atoms with Gasteiger partial charge in [0.1, 0.15) is 29.6 Å². The highest BCUT2D eigenvalue weighted by atomic mass is 16.4. The fourth-order valence-corrected chi connectivity index (χ4v) is 4.44. The largest absolute Gasteiger partial charge is 0.508 e. The Kier molecular flexibility index (Phi) is 12.9. The van der Waals surface area contributed by atoms with Crippen LogP contribution in [-0.2, 0) is 38.4 Å². The third-order valence-electron chi connectivity index (χ3n) is 6.92. The van der Waals surface area contributed by atoms with Gasteiger partial charge in [-0.3, -0.25) is 19.4 Å². The van der Waals surface area contributed by atoms with E-state index in [0.29, 0.717) is 23.2 Å². The van der Waals surface area contributed by atoms with Crippen molar-refractivity contribution in [1.29, 1.82) is 0 Å². The van der Waals surface area contributed by atoms with Crippen molar-refractivity contribution in [3.8, 4) is 11.5 Å². The number of aliphatic imine (C=N–C) groups is 1. The van der Waals surface area contributed by atoms with Gasteiger partial charge in [0, 0.05) is 37.7 Å². The van der Waals surface area contributed by atoms with Gasteiger partial charge < -0.3 is 53.5 Å². The molecular formula is C30H39N9O7. The number of phenols is 2. The molecule has 1 heterocycles. The van der Waals surface area contributed by atoms with Crippen LogP contribution in [0.15, 0.2) is 66.0 Å². The SMILES string of the molecule is NC(N)=NCCCC(N)C(=O)NC(Cc1ccc(O)cc1)C(=O)NC(Cc1ccc(O)cc1)C(=O)NC(Cc1cnc[nH]1)C(=O)O. The van der Waals surface area contributed by atoms with Gasteiger partial charge in [0.25, 0.3) is 0 Å². The van der Waals surface area contributed by atoms with Gasteiger partial charge in [0.2, 0.25) is 17.7 Å². The number of rotatable bonds is 17. The average Bonchev–Trinajstić information content (AvgIpc) is 3.53. The van der Waals surface area contributed by atoms with Crippen molar-refractivity contribution in [3.63, 3.8) is 0 Å². The Bertz CT molecular complexity index is 1480. The number of imidazole rings is 1. The number of H-pyrrole nitrogens is 1. The molecule has 0 saturated carbocycles. The van der Waals surface area contributed by atoms with E-state index < -0.39 is 47.9 Å². The van der Waals surface area contributed by atoms with E-state index in [1.165, 1.54) is 36.8 Å². The zero-order chi connectivity index (χ0) is 33.6. The first-order chi connectivity index (χ1) is 21.9. The molecule has 1 aromatic heterocycles. The third kappa shape index (κ3) is 11.5. The van der Waals surface area contributed by atoms with Crippen LogP contribution in [0.4, 0.5) is 0 Å². The Labute approximate surface area is 264 Å². The number of aromatic amines is 1. The topological polar surface area (TPSA) is 284 Å². The minimum absolute atomic E-state index is 0.00494. The van der Waals surface area contributed by atoms with Gasteiger partial charge in [-0.1, -0.05) is 24.3 Å². The van der Waals surface area contributed by atoms with Crippen LogP contribution in [0.3, 0.4) is 0 Å². The number of aromatic hydroxyl groups is 2. The number of carbonyl (C=O) groups excluding carboxylic acids is 3. The van der Waals surface area contributed by atoms with Gasteiger partial charge in [-0.2, -0.15) is 0 Å². The number of benzene rings is 2. The number of hydrogen-bond acceptors (Lipinski definition) is 9. The number of aliphatic carboxylic acids is 1. The predicted molar refractivity (Wildman–Crippen MR) is 167 cm³/mol. The van der Waals surface area contributed by atoms with Gasteiger partial charge in [-0.25, -0.2) is 9.78 Å². The molecule has 2 aromatic carbocycles. The zero-order valence-corrected chi connectivity index (χ0v) is 24.9. The molecule has 0 bridgehead atoms. The highest BCUT2D eigenvalue weighted by Gasteiger charge is 2.31. The normalized spacial score (nSPS) is 13.4. The number of amides is 3. The lowest BCUT2D eigenvalue weighted by atomic mass is 10.0. The van der Waals surface area contributed by atoms with Gasteiger partial charge in [0.05, 0.1) is 12.4 Å². The molecule has 4 unspecified atom stereocenters. The van der Waals surface area contributed by atoms with E-state index >= 15 is 0 Å². The molecule has 3 amide bonds. The summed E-state index contributed by atoms with van der Waals surface area (Å²) in [5, 5.41) is 36.9. The van der Waals surface area contributed by atoms with Crippen molar-refractivity contribution < 1.29 is 34.5 Å². The van der Waals surface area contributed by atoms with Gasteiger partial charge >= 0.3 is 5.97 Å². The van der Waals surface area contributed by atoms with Crippen molar-refractivity contribution in [3.05, 3.63) is 77.9 Å². The van der Waals surface area contributed by atoms with Crippen molar-refractivity contribution in [2.75, 3.05) is 6.54 Å². The fraction of sp³-hybridized carbons (Fsp3) is 0.333. The number of hydrogen-bond donors (Lipinski definition) is 10. The molecule has 0 saturated heterocycles. The number of aromatic nitrogens is 2. The Morgan fingerprint density at radius 3 is 1.74 bits per heavy atom. The molecule has 4 atom stereocenters.